The molecule has 6 nitrogen and oxygen atoms in total. The summed E-state index contributed by atoms with van der Waals surface area (Å²) in [5.74, 6) is 0.0685. The van der Waals surface area contributed by atoms with Gasteiger partial charge >= 0.3 is 0 Å². The standard InChI is InChI=1S/C14H24N4O2/c1-11(9-13-10-12(2)16-17-13)15-14(19)5-7-18-6-3-4-8-20-18/h10-11H,3-9H2,1-2H3,(H,15,19)(H,16,17). The third kappa shape index (κ3) is 4.94. The first-order valence-electron chi connectivity index (χ1n) is 7.31. The molecule has 0 aromatic carbocycles. The van der Waals surface area contributed by atoms with Crippen molar-refractivity contribution in [3.8, 4) is 0 Å². The summed E-state index contributed by atoms with van der Waals surface area (Å²) < 4.78 is 0. The summed E-state index contributed by atoms with van der Waals surface area (Å²) in [5.41, 5.74) is 2.02. The number of carbonyl (C=O) groups is 1. The Balaban J connectivity index is 1.65. The Bertz CT molecular complexity index is 427. The van der Waals surface area contributed by atoms with Gasteiger partial charge in [0.15, 0.2) is 0 Å². The number of carbonyl (C=O) groups excluding carboxylic acids is 1. The average Bonchev–Trinajstić information content (AvgIpc) is 2.83. The number of amides is 1. The normalized spacial score (nSPS) is 17.9. The molecule has 1 aromatic heterocycles. The number of H-pyrrole nitrogens is 1. The molecule has 1 saturated heterocycles. The summed E-state index contributed by atoms with van der Waals surface area (Å²) >= 11 is 0. The topological polar surface area (TPSA) is 70.2 Å². The lowest BCUT2D eigenvalue weighted by Gasteiger charge is -2.25. The van der Waals surface area contributed by atoms with Crippen molar-refractivity contribution in [3.05, 3.63) is 17.5 Å². The molecule has 1 aromatic rings. The van der Waals surface area contributed by atoms with E-state index in [1.807, 2.05) is 25.0 Å². The molecule has 1 aliphatic heterocycles. The first-order valence-corrected chi connectivity index (χ1v) is 7.31. The number of hydroxylamine groups is 2. The molecular weight excluding hydrogens is 256 g/mol. The Morgan fingerprint density at radius 2 is 2.45 bits per heavy atom. The summed E-state index contributed by atoms with van der Waals surface area (Å²) in [4.78, 5) is 17.3. The molecule has 2 heterocycles. The number of aromatic nitrogens is 2. The van der Waals surface area contributed by atoms with Gasteiger partial charge in [-0.3, -0.25) is 14.7 Å². The van der Waals surface area contributed by atoms with E-state index < -0.39 is 0 Å². The highest BCUT2D eigenvalue weighted by Crippen LogP contribution is 2.06. The maximum atomic E-state index is 11.9. The van der Waals surface area contributed by atoms with Gasteiger partial charge in [0.25, 0.3) is 0 Å². The Morgan fingerprint density at radius 3 is 3.10 bits per heavy atom. The van der Waals surface area contributed by atoms with Gasteiger partial charge in [0.05, 0.1) is 12.3 Å². The van der Waals surface area contributed by atoms with Gasteiger partial charge < -0.3 is 5.32 Å². The first-order chi connectivity index (χ1) is 9.63. The monoisotopic (exact) mass is 280 g/mol. The molecule has 1 fully saturated rings. The largest absolute Gasteiger partial charge is 0.353 e. The van der Waals surface area contributed by atoms with Gasteiger partial charge in [-0.2, -0.15) is 10.2 Å². The molecule has 20 heavy (non-hydrogen) atoms. The second kappa shape index (κ2) is 7.40. The van der Waals surface area contributed by atoms with Crippen molar-refractivity contribution in [2.45, 2.75) is 45.6 Å². The van der Waals surface area contributed by atoms with E-state index in [1.54, 1.807) is 0 Å². The van der Waals surface area contributed by atoms with Crippen LogP contribution < -0.4 is 5.32 Å². The van der Waals surface area contributed by atoms with Crippen molar-refractivity contribution >= 4 is 5.91 Å². The van der Waals surface area contributed by atoms with Gasteiger partial charge in [0.2, 0.25) is 5.91 Å². The van der Waals surface area contributed by atoms with E-state index in [1.165, 1.54) is 0 Å². The minimum Gasteiger partial charge on any atom is -0.353 e. The Hall–Kier alpha value is -1.40. The summed E-state index contributed by atoms with van der Waals surface area (Å²) in [6.07, 6.45) is 3.49. The van der Waals surface area contributed by atoms with Crippen LogP contribution in [0.15, 0.2) is 6.07 Å². The smallest absolute Gasteiger partial charge is 0.221 e. The Labute approximate surface area is 119 Å². The number of nitrogens with one attached hydrogen (secondary N) is 2. The highest BCUT2D eigenvalue weighted by Gasteiger charge is 2.14. The minimum atomic E-state index is 0.0685. The number of aryl methyl sites for hydroxylation is 1. The van der Waals surface area contributed by atoms with Crippen molar-refractivity contribution in [3.63, 3.8) is 0 Å². The van der Waals surface area contributed by atoms with Crippen molar-refractivity contribution < 1.29 is 9.63 Å². The van der Waals surface area contributed by atoms with E-state index in [-0.39, 0.29) is 11.9 Å². The predicted molar refractivity (Wildman–Crippen MR) is 76.0 cm³/mol. The van der Waals surface area contributed by atoms with Crippen LogP contribution in [0, 0.1) is 6.92 Å². The lowest BCUT2D eigenvalue weighted by atomic mass is 10.1. The summed E-state index contributed by atoms with van der Waals surface area (Å²) in [6.45, 7) is 6.34. The van der Waals surface area contributed by atoms with Gasteiger partial charge in [-0.05, 0) is 32.8 Å². The number of hydrogen-bond acceptors (Lipinski definition) is 4. The van der Waals surface area contributed by atoms with E-state index >= 15 is 0 Å². The third-order valence-electron chi connectivity index (χ3n) is 3.35. The molecule has 1 amide bonds. The van der Waals surface area contributed by atoms with Crippen molar-refractivity contribution in [2.75, 3.05) is 19.7 Å². The first kappa shape index (κ1) is 15.0. The quantitative estimate of drug-likeness (QED) is 0.821. The van der Waals surface area contributed by atoms with E-state index in [9.17, 15) is 4.79 Å². The van der Waals surface area contributed by atoms with Crippen LogP contribution in [0.4, 0.5) is 0 Å². The SMILES string of the molecule is Cc1cc(CC(C)NC(=O)CCN2CCCCO2)n[nH]1. The molecule has 0 spiro atoms. The molecule has 0 bridgehead atoms. The lowest BCUT2D eigenvalue weighted by Crippen LogP contribution is -2.38. The van der Waals surface area contributed by atoms with Crippen LogP contribution in [-0.4, -0.2) is 46.9 Å². The molecule has 1 aliphatic rings. The van der Waals surface area contributed by atoms with E-state index in [0.29, 0.717) is 13.0 Å². The molecule has 6 heteroatoms. The van der Waals surface area contributed by atoms with Crippen molar-refractivity contribution in [1.29, 1.82) is 0 Å². The lowest BCUT2D eigenvalue weighted by molar-refractivity contribution is -0.181. The second-order valence-corrected chi connectivity index (χ2v) is 5.43. The molecular formula is C14H24N4O2. The van der Waals surface area contributed by atoms with Crippen molar-refractivity contribution in [2.24, 2.45) is 0 Å². The second-order valence-electron chi connectivity index (χ2n) is 5.43. The molecule has 112 valence electrons. The molecule has 0 radical (unpaired) electrons. The zero-order valence-electron chi connectivity index (χ0n) is 12.3. The van der Waals surface area contributed by atoms with Crippen LogP contribution in [-0.2, 0) is 16.1 Å². The maximum absolute atomic E-state index is 11.9. The van der Waals surface area contributed by atoms with E-state index in [2.05, 4.69) is 15.5 Å². The van der Waals surface area contributed by atoms with Gasteiger partial charge in [0.1, 0.15) is 0 Å². The van der Waals surface area contributed by atoms with Gasteiger partial charge in [-0.1, -0.05) is 0 Å². The number of nitrogens with zero attached hydrogens (tertiary/aromatic N) is 2. The highest BCUT2D eigenvalue weighted by atomic mass is 16.7. The molecule has 0 aliphatic carbocycles. The number of hydrogen-bond donors (Lipinski definition) is 2. The fourth-order valence-electron chi connectivity index (χ4n) is 2.34. The summed E-state index contributed by atoms with van der Waals surface area (Å²) in [7, 11) is 0. The van der Waals surface area contributed by atoms with E-state index in [4.69, 9.17) is 4.84 Å². The van der Waals surface area contributed by atoms with Crippen LogP contribution in [0.2, 0.25) is 0 Å². The number of rotatable bonds is 6. The maximum Gasteiger partial charge on any atom is 0.221 e. The van der Waals surface area contributed by atoms with Crippen LogP contribution >= 0.6 is 0 Å². The van der Waals surface area contributed by atoms with Crippen molar-refractivity contribution in [1.82, 2.24) is 20.6 Å². The molecule has 0 saturated carbocycles. The molecule has 1 unspecified atom stereocenters. The minimum absolute atomic E-state index is 0.0685. The zero-order chi connectivity index (χ0) is 14.4. The van der Waals surface area contributed by atoms with Crippen LogP contribution in [0.25, 0.3) is 0 Å². The molecule has 2 N–H and O–H groups in total. The zero-order valence-corrected chi connectivity index (χ0v) is 12.3. The van der Waals surface area contributed by atoms with Gasteiger partial charge in [-0.25, -0.2) is 0 Å². The molecule has 1 atom stereocenters. The Morgan fingerprint density at radius 1 is 1.60 bits per heavy atom. The number of aromatic amines is 1. The fraction of sp³-hybridized carbons (Fsp3) is 0.714. The van der Waals surface area contributed by atoms with Gasteiger partial charge in [0, 0.05) is 37.7 Å². The highest BCUT2D eigenvalue weighted by molar-refractivity contribution is 5.76. The van der Waals surface area contributed by atoms with E-state index in [0.717, 1.165) is 43.8 Å². The summed E-state index contributed by atoms with van der Waals surface area (Å²) in [5, 5.41) is 12.0. The summed E-state index contributed by atoms with van der Waals surface area (Å²) in [6, 6.07) is 2.09. The third-order valence-corrected chi connectivity index (χ3v) is 3.35. The Kier molecular flexibility index (Phi) is 5.55. The molecule has 2 rings (SSSR count). The van der Waals surface area contributed by atoms with Gasteiger partial charge in [-0.15, -0.1) is 0 Å². The van der Waals surface area contributed by atoms with Crippen LogP contribution in [0.1, 0.15) is 37.6 Å². The predicted octanol–water partition coefficient (Wildman–Crippen LogP) is 1.18. The van der Waals surface area contributed by atoms with Crippen LogP contribution in [0.5, 0.6) is 0 Å². The fourth-order valence-corrected chi connectivity index (χ4v) is 2.34. The van der Waals surface area contributed by atoms with Crippen LogP contribution in [0.3, 0.4) is 0 Å². The average molecular weight is 280 g/mol.